The minimum atomic E-state index is -0.693. The van der Waals surface area contributed by atoms with Gasteiger partial charge in [0.2, 0.25) is 0 Å². The third kappa shape index (κ3) is 5.54. The van der Waals surface area contributed by atoms with Crippen molar-refractivity contribution in [2.24, 2.45) is 0 Å². The summed E-state index contributed by atoms with van der Waals surface area (Å²) in [5, 5.41) is 0. The van der Waals surface area contributed by atoms with E-state index in [1.54, 1.807) is 0 Å². The van der Waals surface area contributed by atoms with Gasteiger partial charge in [0.15, 0.2) is 0 Å². The van der Waals surface area contributed by atoms with E-state index in [0.717, 1.165) is 16.7 Å². The third-order valence-corrected chi connectivity index (χ3v) is 4.77. The summed E-state index contributed by atoms with van der Waals surface area (Å²) in [5.74, 6) is 0. The van der Waals surface area contributed by atoms with Crippen molar-refractivity contribution < 1.29 is 14.2 Å². The maximum absolute atomic E-state index is 6.65. The molecule has 0 aliphatic carbocycles. The van der Waals surface area contributed by atoms with Gasteiger partial charge >= 0.3 is 0 Å². The highest BCUT2D eigenvalue weighted by Gasteiger charge is 2.37. The molecule has 0 unspecified atom stereocenters. The van der Waals surface area contributed by atoms with E-state index in [-0.39, 0.29) is 6.10 Å². The summed E-state index contributed by atoms with van der Waals surface area (Å²) >= 11 is 0. The lowest BCUT2D eigenvalue weighted by Gasteiger charge is -2.36. The molecule has 0 spiro atoms. The van der Waals surface area contributed by atoms with Crippen molar-refractivity contribution >= 4 is 0 Å². The molecule has 0 fully saturated rings. The molecule has 0 aromatic heterocycles. The van der Waals surface area contributed by atoms with Crippen LogP contribution in [-0.4, -0.2) is 32.5 Å². The lowest BCUT2D eigenvalue weighted by atomic mass is 9.80. The van der Waals surface area contributed by atoms with Gasteiger partial charge in [0.1, 0.15) is 5.60 Å². The Kier molecular flexibility index (Phi) is 8.00. The zero-order valence-electron chi connectivity index (χ0n) is 17.3. The Morgan fingerprint density at radius 1 is 0.586 bits per heavy atom. The second kappa shape index (κ2) is 10.9. The monoisotopic (exact) mass is 390 g/mol. The molecule has 3 nitrogen and oxygen atoms in total. The van der Waals surface area contributed by atoms with E-state index in [1.165, 1.54) is 0 Å². The number of ether oxygens (including phenoxy) is 3. The van der Waals surface area contributed by atoms with Crippen LogP contribution in [0.4, 0.5) is 0 Å². The van der Waals surface area contributed by atoms with Crippen LogP contribution in [0.2, 0.25) is 0 Å². The second-order valence-corrected chi connectivity index (χ2v) is 7.16. The molecule has 3 rings (SSSR count). The highest BCUT2D eigenvalue weighted by atomic mass is 16.6. The van der Waals surface area contributed by atoms with Crippen molar-refractivity contribution in [1.82, 2.24) is 0 Å². The molecule has 152 valence electrons. The molecular formula is C26H30O3. The van der Waals surface area contributed by atoms with Crippen molar-refractivity contribution in [2.45, 2.75) is 25.6 Å². The fourth-order valence-corrected chi connectivity index (χ4v) is 3.47. The summed E-state index contributed by atoms with van der Waals surface area (Å²) in [6.45, 7) is 6.19. The standard InChI is InChI=1S/C26H30O3/c1-22(2)28-20-18-27-19-21-29-26(23-12-6-3-7-13-23,24-14-8-4-9-15-24)25-16-10-5-11-17-25/h3-17,22H,18-21H2,1-2H3. The first kappa shape index (κ1) is 21.3. The fourth-order valence-electron chi connectivity index (χ4n) is 3.47. The zero-order valence-corrected chi connectivity index (χ0v) is 17.3. The summed E-state index contributed by atoms with van der Waals surface area (Å²) < 4.78 is 17.9. The van der Waals surface area contributed by atoms with Gasteiger partial charge in [-0.2, -0.15) is 0 Å². The average molecular weight is 391 g/mol. The molecule has 0 saturated carbocycles. The summed E-state index contributed by atoms with van der Waals surface area (Å²) in [7, 11) is 0. The molecule has 0 heterocycles. The van der Waals surface area contributed by atoms with Crippen LogP contribution in [0.3, 0.4) is 0 Å². The van der Waals surface area contributed by atoms with Crippen LogP contribution in [0.15, 0.2) is 91.0 Å². The van der Waals surface area contributed by atoms with Gasteiger partial charge in [-0.1, -0.05) is 91.0 Å². The SMILES string of the molecule is CC(C)OCCOCCOC(c1ccccc1)(c1ccccc1)c1ccccc1. The van der Waals surface area contributed by atoms with Gasteiger partial charge in [-0.25, -0.2) is 0 Å². The van der Waals surface area contributed by atoms with Crippen LogP contribution >= 0.6 is 0 Å². The molecule has 0 aliphatic rings. The van der Waals surface area contributed by atoms with Gasteiger partial charge in [-0.05, 0) is 30.5 Å². The Morgan fingerprint density at radius 2 is 1.00 bits per heavy atom. The van der Waals surface area contributed by atoms with E-state index in [0.29, 0.717) is 26.4 Å². The Morgan fingerprint density at radius 3 is 1.41 bits per heavy atom. The van der Waals surface area contributed by atoms with Crippen molar-refractivity contribution in [1.29, 1.82) is 0 Å². The van der Waals surface area contributed by atoms with Gasteiger partial charge in [-0.3, -0.25) is 0 Å². The lowest BCUT2D eigenvalue weighted by Crippen LogP contribution is -2.34. The zero-order chi connectivity index (χ0) is 20.4. The van der Waals surface area contributed by atoms with Crippen LogP contribution < -0.4 is 0 Å². The highest BCUT2D eigenvalue weighted by molar-refractivity contribution is 5.47. The summed E-state index contributed by atoms with van der Waals surface area (Å²) in [4.78, 5) is 0. The molecule has 29 heavy (non-hydrogen) atoms. The second-order valence-electron chi connectivity index (χ2n) is 7.16. The van der Waals surface area contributed by atoms with Crippen LogP contribution in [0.1, 0.15) is 30.5 Å². The molecule has 0 atom stereocenters. The number of hydrogen-bond acceptors (Lipinski definition) is 3. The average Bonchev–Trinajstić information content (AvgIpc) is 2.77. The van der Waals surface area contributed by atoms with Crippen LogP contribution in [0.5, 0.6) is 0 Å². The first-order valence-corrected chi connectivity index (χ1v) is 10.2. The van der Waals surface area contributed by atoms with E-state index in [4.69, 9.17) is 14.2 Å². The topological polar surface area (TPSA) is 27.7 Å². The van der Waals surface area contributed by atoms with Gasteiger partial charge in [0, 0.05) is 0 Å². The number of hydrogen-bond donors (Lipinski definition) is 0. The molecule has 0 radical (unpaired) electrons. The molecule has 0 aliphatic heterocycles. The van der Waals surface area contributed by atoms with Crippen molar-refractivity contribution in [3.8, 4) is 0 Å². The largest absolute Gasteiger partial charge is 0.377 e. The van der Waals surface area contributed by atoms with E-state index in [9.17, 15) is 0 Å². The van der Waals surface area contributed by atoms with Gasteiger partial charge in [0.25, 0.3) is 0 Å². The van der Waals surface area contributed by atoms with E-state index < -0.39 is 5.60 Å². The Bertz CT molecular complexity index is 720. The fraction of sp³-hybridized carbons (Fsp3) is 0.308. The number of benzene rings is 3. The molecule has 0 N–H and O–H groups in total. The van der Waals surface area contributed by atoms with Crippen LogP contribution in [0.25, 0.3) is 0 Å². The van der Waals surface area contributed by atoms with Gasteiger partial charge in [-0.15, -0.1) is 0 Å². The van der Waals surface area contributed by atoms with Gasteiger partial charge < -0.3 is 14.2 Å². The number of rotatable bonds is 11. The normalized spacial score (nSPS) is 11.7. The molecular weight excluding hydrogens is 360 g/mol. The minimum Gasteiger partial charge on any atom is -0.377 e. The van der Waals surface area contributed by atoms with E-state index in [1.807, 2.05) is 32.0 Å². The smallest absolute Gasteiger partial charge is 0.143 e. The van der Waals surface area contributed by atoms with Crippen molar-refractivity contribution in [2.75, 3.05) is 26.4 Å². The van der Waals surface area contributed by atoms with Crippen molar-refractivity contribution in [3.05, 3.63) is 108 Å². The molecule has 0 amide bonds. The third-order valence-electron chi connectivity index (χ3n) is 4.77. The predicted octanol–water partition coefficient (Wildman–Crippen LogP) is 5.44. The Labute approximate surface area is 174 Å². The van der Waals surface area contributed by atoms with Crippen LogP contribution in [-0.2, 0) is 19.8 Å². The molecule has 3 aromatic rings. The quantitative estimate of drug-likeness (QED) is 0.322. The maximum atomic E-state index is 6.65. The highest BCUT2D eigenvalue weighted by Crippen LogP contribution is 2.40. The summed E-state index contributed by atoms with van der Waals surface area (Å²) in [5.41, 5.74) is 2.60. The first-order chi connectivity index (χ1) is 14.2. The summed E-state index contributed by atoms with van der Waals surface area (Å²) in [6, 6.07) is 31.2. The summed E-state index contributed by atoms with van der Waals surface area (Å²) in [6.07, 6.45) is 0.219. The lowest BCUT2D eigenvalue weighted by molar-refractivity contribution is -0.0381. The minimum absolute atomic E-state index is 0.219. The molecule has 0 saturated heterocycles. The first-order valence-electron chi connectivity index (χ1n) is 10.2. The van der Waals surface area contributed by atoms with Crippen LogP contribution in [0, 0.1) is 0 Å². The Hall–Kier alpha value is -2.46. The van der Waals surface area contributed by atoms with E-state index in [2.05, 4.69) is 72.8 Å². The molecule has 0 bridgehead atoms. The van der Waals surface area contributed by atoms with Crippen molar-refractivity contribution in [3.63, 3.8) is 0 Å². The Balaban J connectivity index is 1.85. The maximum Gasteiger partial charge on any atom is 0.143 e. The predicted molar refractivity (Wildman–Crippen MR) is 117 cm³/mol. The molecule has 3 heteroatoms. The molecule has 3 aromatic carbocycles. The van der Waals surface area contributed by atoms with E-state index >= 15 is 0 Å². The van der Waals surface area contributed by atoms with Gasteiger partial charge in [0.05, 0.1) is 32.5 Å².